The standard InChI is InChI=1S/C25H33Cl2N3O5S/c1-6-17(3)28-25(32)22(7-2)29(15-18-9-8-10-20(13-18)35-4)24(31)16-30(36(5,33)34)23-12-11-19(26)14-21(23)27/h8-14,17,22H,6-7,15-16H2,1-5H3,(H,28,32)/t17-,22-/m1/s1. The molecule has 36 heavy (non-hydrogen) atoms. The molecule has 0 saturated heterocycles. The number of carbonyl (C=O) groups excluding carboxylic acids is 2. The maximum absolute atomic E-state index is 13.7. The molecule has 2 atom stereocenters. The zero-order chi connectivity index (χ0) is 27.0. The molecule has 0 unspecified atom stereocenters. The van der Waals surface area contributed by atoms with Gasteiger partial charge in [-0.15, -0.1) is 0 Å². The van der Waals surface area contributed by atoms with E-state index in [0.717, 1.165) is 22.5 Å². The second kappa shape index (κ2) is 13.2. The summed E-state index contributed by atoms with van der Waals surface area (Å²) in [5.74, 6) is -0.262. The Morgan fingerprint density at radius 1 is 1.08 bits per heavy atom. The van der Waals surface area contributed by atoms with Gasteiger partial charge in [0.15, 0.2) is 0 Å². The Kier molecular flexibility index (Phi) is 10.9. The van der Waals surface area contributed by atoms with Crippen molar-refractivity contribution < 1.29 is 22.7 Å². The highest BCUT2D eigenvalue weighted by atomic mass is 35.5. The molecule has 0 aliphatic heterocycles. The molecular formula is C25H33Cl2N3O5S. The molecule has 0 saturated carbocycles. The predicted octanol–water partition coefficient (Wildman–Crippen LogP) is 4.49. The lowest BCUT2D eigenvalue weighted by molar-refractivity contribution is -0.140. The Bertz CT molecular complexity index is 1180. The van der Waals surface area contributed by atoms with Gasteiger partial charge in [0.1, 0.15) is 18.3 Å². The van der Waals surface area contributed by atoms with Crippen LogP contribution in [0.25, 0.3) is 0 Å². The van der Waals surface area contributed by atoms with E-state index < -0.39 is 28.5 Å². The molecule has 2 aromatic rings. The van der Waals surface area contributed by atoms with E-state index in [0.29, 0.717) is 17.2 Å². The Morgan fingerprint density at radius 2 is 1.78 bits per heavy atom. The molecule has 0 aromatic heterocycles. The minimum atomic E-state index is -3.90. The maximum atomic E-state index is 13.7. The number of anilines is 1. The fourth-order valence-corrected chi connectivity index (χ4v) is 5.03. The van der Waals surface area contributed by atoms with E-state index in [1.54, 1.807) is 25.1 Å². The van der Waals surface area contributed by atoms with Crippen molar-refractivity contribution in [2.24, 2.45) is 0 Å². The lowest BCUT2D eigenvalue weighted by atomic mass is 10.1. The Labute approximate surface area is 223 Å². The Morgan fingerprint density at radius 3 is 2.33 bits per heavy atom. The van der Waals surface area contributed by atoms with E-state index in [2.05, 4.69) is 5.32 Å². The van der Waals surface area contributed by atoms with Crippen molar-refractivity contribution in [1.82, 2.24) is 10.2 Å². The SMILES string of the molecule is CC[C@@H](C)NC(=O)[C@@H](CC)N(Cc1cccc(OC)c1)C(=O)CN(c1ccc(Cl)cc1Cl)S(C)(=O)=O. The van der Waals surface area contributed by atoms with Crippen LogP contribution in [-0.4, -0.2) is 57.1 Å². The number of carbonyl (C=O) groups is 2. The number of amides is 2. The van der Waals surface area contributed by atoms with E-state index >= 15 is 0 Å². The first kappa shape index (κ1) is 29.7. The first-order chi connectivity index (χ1) is 16.9. The normalized spacial score (nSPS) is 13.0. The molecule has 2 aromatic carbocycles. The zero-order valence-corrected chi connectivity index (χ0v) is 23.5. The van der Waals surface area contributed by atoms with Crippen LogP contribution in [0, 0.1) is 0 Å². The van der Waals surface area contributed by atoms with Crippen molar-refractivity contribution in [1.29, 1.82) is 0 Å². The molecule has 8 nitrogen and oxygen atoms in total. The number of methoxy groups -OCH3 is 1. The zero-order valence-electron chi connectivity index (χ0n) is 21.1. The second-order valence-corrected chi connectivity index (χ2v) is 11.2. The van der Waals surface area contributed by atoms with Crippen molar-refractivity contribution in [2.45, 2.75) is 52.2 Å². The van der Waals surface area contributed by atoms with Gasteiger partial charge in [0.25, 0.3) is 0 Å². The summed E-state index contributed by atoms with van der Waals surface area (Å²) in [5, 5.41) is 3.34. The minimum Gasteiger partial charge on any atom is -0.497 e. The van der Waals surface area contributed by atoms with E-state index in [4.69, 9.17) is 27.9 Å². The molecule has 198 valence electrons. The minimum absolute atomic E-state index is 0.0778. The topological polar surface area (TPSA) is 96.0 Å². The third-order valence-corrected chi connectivity index (χ3v) is 7.40. The van der Waals surface area contributed by atoms with Crippen molar-refractivity contribution in [3.05, 3.63) is 58.1 Å². The van der Waals surface area contributed by atoms with Crippen molar-refractivity contribution in [3.63, 3.8) is 0 Å². The lowest BCUT2D eigenvalue weighted by Gasteiger charge is -2.33. The second-order valence-electron chi connectivity index (χ2n) is 8.48. The fourth-order valence-electron chi connectivity index (χ4n) is 3.61. The molecule has 0 aliphatic carbocycles. The molecule has 11 heteroatoms. The molecule has 2 amide bonds. The number of rotatable bonds is 12. The smallest absolute Gasteiger partial charge is 0.244 e. The average Bonchev–Trinajstić information content (AvgIpc) is 2.82. The Hall–Kier alpha value is -2.49. The highest BCUT2D eigenvalue weighted by Gasteiger charge is 2.32. The van der Waals surface area contributed by atoms with E-state index in [-0.39, 0.29) is 29.2 Å². The number of benzene rings is 2. The van der Waals surface area contributed by atoms with Crippen LogP contribution < -0.4 is 14.4 Å². The summed E-state index contributed by atoms with van der Waals surface area (Å²) in [6, 6.07) is 10.6. The first-order valence-corrected chi connectivity index (χ1v) is 14.2. The van der Waals surface area contributed by atoms with Crippen LogP contribution in [0.4, 0.5) is 5.69 Å². The van der Waals surface area contributed by atoms with Crippen LogP contribution in [0.3, 0.4) is 0 Å². The predicted molar refractivity (Wildman–Crippen MR) is 144 cm³/mol. The van der Waals surface area contributed by atoms with Gasteiger partial charge in [0.2, 0.25) is 21.8 Å². The summed E-state index contributed by atoms with van der Waals surface area (Å²) < 4.78 is 31.6. The van der Waals surface area contributed by atoms with Crippen LogP contribution in [0.2, 0.25) is 10.0 Å². The van der Waals surface area contributed by atoms with Gasteiger partial charge in [-0.05, 0) is 55.7 Å². The molecular weight excluding hydrogens is 525 g/mol. The van der Waals surface area contributed by atoms with E-state index in [1.165, 1.54) is 30.2 Å². The van der Waals surface area contributed by atoms with Gasteiger partial charge in [-0.25, -0.2) is 8.42 Å². The van der Waals surface area contributed by atoms with E-state index in [9.17, 15) is 18.0 Å². The van der Waals surface area contributed by atoms with Crippen LogP contribution in [-0.2, 0) is 26.2 Å². The highest BCUT2D eigenvalue weighted by molar-refractivity contribution is 7.92. The molecule has 0 spiro atoms. The summed E-state index contributed by atoms with van der Waals surface area (Å²) in [6.45, 7) is 5.17. The molecule has 0 heterocycles. The molecule has 0 bridgehead atoms. The molecule has 0 aliphatic rings. The summed E-state index contributed by atoms with van der Waals surface area (Å²) in [6.07, 6.45) is 2.05. The van der Waals surface area contributed by atoms with Gasteiger partial charge in [0.05, 0.1) is 24.1 Å². The fraction of sp³-hybridized carbons (Fsp3) is 0.440. The quantitative estimate of drug-likeness (QED) is 0.414. The van der Waals surface area contributed by atoms with Crippen LogP contribution >= 0.6 is 23.2 Å². The summed E-state index contributed by atoms with van der Waals surface area (Å²) in [7, 11) is -2.37. The summed E-state index contributed by atoms with van der Waals surface area (Å²) in [4.78, 5) is 28.3. The van der Waals surface area contributed by atoms with E-state index in [1.807, 2.05) is 19.9 Å². The maximum Gasteiger partial charge on any atom is 0.244 e. The molecule has 1 N–H and O–H groups in total. The number of hydrogen-bond acceptors (Lipinski definition) is 5. The third-order valence-electron chi connectivity index (χ3n) is 5.73. The van der Waals surface area contributed by atoms with Gasteiger partial charge in [-0.2, -0.15) is 0 Å². The number of halogens is 2. The van der Waals surface area contributed by atoms with Crippen LogP contribution in [0.1, 0.15) is 39.2 Å². The van der Waals surface area contributed by atoms with Gasteiger partial charge < -0.3 is 15.0 Å². The number of sulfonamides is 1. The lowest BCUT2D eigenvalue weighted by Crippen LogP contribution is -2.53. The molecule has 0 radical (unpaired) electrons. The summed E-state index contributed by atoms with van der Waals surface area (Å²) >= 11 is 12.2. The largest absolute Gasteiger partial charge is 0.497 e. The van der Waals surface area contributed by atoms with Gasteiger partial charge >= 0.3 is 0 Å². The Balaban J connectivity index is 2.49. The van der Waals surface area contributed by atoms with Gasteiger partial charge in [-0.3, -0.25) is 13.9 Å². The van der Waals surface area contributed by atoms with Crippen molar-refractivity contribution in [3.8, 4) is 5.75 Å². The number of nitrogens with zero attached hydrogens (tertiary/aromatic N) is 2. The van der Waals surface area contributed by atoms with Crippen molar-refractivity contribution in [2.75, 3.05) is 24.2 Å². The third kappa shape index (κ3) is 8.01. The molecule has 2 rings (SSSR count). The average molecular weight is 559 g/mol. The van der Waals surface area contributed by atoms with Crippen LogP contribution in [0.5, 0.6) is 5.75 Å². The number of ether oxygens (including phenoxy) is 1. The number of hydrogen-bond donors (Lipinski definition) is 1. The number of nitrogens with one attached hydrogen (secondary N) is 1. The monoisotopic (exact) mass is 557 g/mol. The van der Waals surface area contributed by atoms with Crippen LogP contribution in [0.15, 0.2) is 42.5 Å². The highest BCUT2D eigenvalue weighted by Crippen LogP contribution is 2.30. The van der Waals surface area contributed by atoms with Gasteiger partial charge in [-0.1, -0.05) is 49.2 Å². The van der Waals surface area contributed by atoms with Gasteiger partial charge in [0, 0.05) is 17.6 Å². The summed E-state index contributed by atoms with van der Waals surface area (Å²) in [5.41, 5.74) is 0.850. The first-order valence-electron chi connectivity index (χ1n) is 11.6. The van der Waals surface area contributed by atoms with Crippen molar-refractivity contribution >= 4 is 50.7 Å². The molecule has 0 fully saturated rings.